The van der Waals surface area contributed by atoms with Crippen LogP contribution in [0.4, 0.5) is 10.6 Å². The van der Waals surface area contributed by atoms with Crippen LogP contribution in [0.3, 0.4) is 0 Å². The summed E-state index contributed by atoms with van der Waals surface area (Å²) in [6.07, 6.45) is 4.84. The van der Waals surface area contributed by atoms with E-state index in [1.54, 1.807) is 29.0 Å². The molecule has 0 saturated carbocycles. The third-order valence-corrected chi connectivity index (χ3v) is 7.35. The lowest BCUT2D eigenvalue weighted by molar-refractivity contribution is -0.122. The van der Waals surface area contributed by atoms with Gasteiger partial charge in [0.05, 0.1) is 17.1 Å². The molecule has 2 aromatic rings. The summed E-state index contributed by atoms with van der Waals surface area (Å²) in [5.41, 5.74) is 1.54. The van der Waals surface area contributed by atoms with Gasteiger partial charge in [-0.3, -0.25) is 18.9 Å². The Kier molecular flexibility index (Phi) is 7.75. The number of pyridine rings is 1. The summed E-state index contributed by atoms with van der Waals surface area (Å²) in [5, 5.41) is 0. The van der Waals surface area contributed by atoms with E-state index in [9.17, 15) is 14.4 Å². The predicted molar refractivity (Wildman–Crippen MR) is 142 cm³/mol. The van der Waals surface area contributed by atoms with Crippen LogP contribution >= 0.6 is 24.0 Å². The van der Waals surface area contributed by atoms with Gasteiger partial charge in [0.2, 0.25) is 0 Å². The number of thioether (sulfide) groups is 1. The molecule has 4 rings (SSSR count). The second-order valence-corrected chi connectivity index (χ2v) is 10.1. The Bertz CT molecular complexity index is 1250. The summed E-state index contributed by atoms with van der Waals surface area (Å²) >= 11 is 6.65. The molecule has 2 aliphatic rings. The van der Waals surface area contributed by atoms with Crippen molar-refractivity contribution in [2.75, 3.05) is 44.2 Å². The molecule has 2 aromatic heterocycles. The molecule has 0 atom stereocenters. The lowest BCUT2D eigenvalue weighted by Crippen LogP contribution is -2.49. The SMILES string of the molecule is CCCCN1C(=O)/C(=C\c2c(N3CCN(C(=O)OCC)CC3)nc3ccc(C)cn3c2=O)SC1=S. The summed E-state index contributed by atoms with van der Waals surface area (Å²) in [7, 11) is 0. The Hall–Kier alpha value is -2.92. The minimum Gasteiger partial charge on any atom is -0.450 e. The first-order valence-electron chi connectivity index (χ1n) is 11.8. The summed E-state index contributed by atoms with van der Waals surface area (Å²) in [6, 6.07) is 3.71. The molecule has 0 aliphatic carbocycles. The van der Waals surface area contributed by atoms with E-state index in [0.29, 0.717) is 65.6 Å². The molecule has 0 bridgehead atoms. The minimum absolute atomic E-state index is 0.180. The number of hydrogen-bond donors (Lipinski definition) is 0. The Morgan fingerprint density at radius 3 is 2.63 bits per heavy atom. The zero-order valence-electron chi connectivity index (χ0n) is 20.2. The van der Waals surface area contributed by atoms with Crippen molar-refractivity contribution in [1.29, 1.82) is 0 Å². The molecule has 9 nitrogen and oxygen atoms in total. The van der Waals surface area contributed by atoms with Crippen molar-refractivity contribution >= 4 is 57.8 Å². The molecule has 11 heteroatoms. The second kappa shape index (κ2) is 10.8. The van der Waals surface area contributed by atoms with E-state index in [2.05, 4.69) is 6.92 Å². The van der Waals surface area contributed by atoms with Gasteiger partial charge in [0.1, 0.15) is 15.8 Å². The number of piperazine rings is 1. The number of carbonyl (C=O) groups is 2. The summed E-state index contributed by atoms with van der Waals surface area (Å²) in [6.45, 7) is 8.52. The quantitative estimate of drug-likeness (QED) is 0.428. The number of fused-ring (bicyclic) bond motifs is 1. The van der Waals surface area contributed by atoms with Gasteiger partial charge in [0.15, 0.2) is 0 Å². The number of carbonyl (C=O) groups excluding carboxylic acids is 2. The lowest BCUT2D eigenvalue weighted by atomic mass is 10.2. The fourth-order valence-corrected chi connectivity index (χ4v) is 5.36. The molecule has 2 aliphatic heterocycles. The highest BCUT2D eigenvalue weighted by atomic mass is 32.2. The summed E-state index contributed by atoms with van der Waals surface area (Å²) in [4.78, 5) is 49.3. The standard InChI is InChI=1S/C24H29N5O4S2/c1-4-6-9-28-22(31)18(35-24(28)34)14-17-20(25-19-8-7-16(3)15-29(19)21(17)30)26-10-12-27(13-11-26)23(32)33-5-2/h7-8,14-15H,4-6,9-13H2,1-3H3/b18-14+. The molecule has 0 spiro atoms. The van der Waals surface area contributed by atoms with Gasteiger partial charge in [-0.1, -0.05) is 43.4 Å². The maximum absolute atomic E-state index is 13.6. The van der Waals surface area contributed by atoms with E-state index in [1.165, 1.54) is 16.2 Å². The van der Waals surface area contributed by atoms with Crippen LogP contribution in [0.5, 0.6) is 0 Å². The van der Waals surface area contributed by atoms with Crippen LogP contribution in [0.1, 0.15) is 37.8 Å². The van der Waals surface area contributed by atoms with Crippen LogP contribution in [-0.4, -0.2) is 74.8 Å². The van der Waals surface area contributed by atoms with Gasteiger partial charge in [-0.15, -0.1) is 0 Å². The van der Waals surface area contributed by atoms with Gasteiger partial charge in [0.25, 0.3) is 11.5 Å². The van der Waals surface area contributed by atoms with Gasteiger partial charge in [0, 0.05) is 38.9 Å². The van der Waals surface area contributed by atoms with E-state index >= 15 is 0 Å². The fourth-order valence-electron chi connectivity index (χ4n) is 4.07. The number of ether oxygens (including phenoxy) is 1. The number of amides is 2. The van der Waals surface area contributed by atoms with Crippen LogP contribution < -0.4 is 10.5 Å². The van der Waals surface area contributed by atoms with Crippen molar-refractivity contribution in [2.24, 2.45) is 0 Å². The summed E-state index contributed by atoms with van der Waals surface area (Å²) < 4.78 is 7.13. The largest absolute Gasteiger partial charge is 0.450 e. The van der Waals surface area contributed by atoms with Crippen LogP contribution in [0.15, 0.2) is 28.0 Å². The number of unbranched alkanes of at least 4 members (excludes halogenated alkanes) is 1. The first-order chi connectivity index (χ1) is 16.8. The van der Waals surface area contributed by atoms with Gasteiger partial charge < -0.3 is 14.5 Å². The van der Waals surface area contributed by atoms with E-state index < -0.39 is 0 Å². The smallest absolute Gasteiger partial charge is 0.409 e. The number of hydrogen-bond acceptors (Lipinski definition) is 8. The average Bonchev–Trinajstić information content (AvgIpc) is 3.12. The minimum atomic E-state index is -0.342. The molecule has 0 radical (unpaired) electrons. The van der Waals surface area contributed by atoms with Gasteiger partial charge in [-0.05, 0) is 38.0 Å². The normalized spacial score (nSPS) is 17.7. The van der Waals surface area contributed by atoms with E-state index in [-0.39, 0.29) is 17.6 Å². The first-order valence-corrected chi connectivity index (χ1v) is 13.0. The number of anilines is 1. The van der Waals surface area contributed by atoms with Crippen LogP contribution in [-0.2, 0) is 9.53 Å². The number of aryl methyl sites for hydroxylation is 1. The molecule has 35 heavy (non-hydrogen) atoms. The molecule has 0 N–H and O–H groups in total. The van der Waals surface area contributed by atoms with Crippen LogP contribution in [0.2, 0.25) is 0 Å². The van der Waals surface area contributed by atoms with Gasteiger partial charge in [-0.25, -0.2) is 9.78 Å². The summed E-state index contributed by atoms with van der Waals surface area (Å²) in [5.74, 6) is 0.321. The van der Waals surface area contributed by atoms with Gasteiger partial charge in [-0.2, -0.15) is 0 Å². The molecule has 0 aromatic carbocycles. The lowest BCUT2D eigenvalue weighted by Gasteiger charge is -2.35. The van der Waals surface area contributed by atoms with E-state index in [4.69, 9.17) is 21.9 Å². The molecule has 2 fully saturated rings. The Balaban J connectivity index is 1.73. The molecular formula is C24H29N5O4S2. The van der Waals surface area contributed by atoms with Crippen molar-refractivity contribution in [1.82, 2.24) is 19.2 Å². The maximum Gasteiger partial charge on any atom is 0.409 e. The molecule has 4 heterocycles. The topological polar surface area (TPSA) is 87.5 Å². The molecule has 2 amide bonds. The van der Waals surface area contributed by atoms with Crippen molar-refractivity contribution in [2.45, 2.75) is 33.6 Å². The zero-order chi connectivity index (χ0) is 25.1. The Labute approximate surface area is 213 Å². The molecular weight excluding hydrogens is 486 g/mol. The third-order valence-electron chi connectivity index (χ3n) is 5.97. The highest BCUT2D eigenvalue weighted by molar-refractivity contribution is 8.26. The third kappa shape index (κ3) is 5.20. The number of nitrogens with zero attached hydrogens (tertiary/aromatic N) is 5. The van der Waals surface area contributed by atoms with Crippen LogP contribution in [0.25, 0.3) is 11.7 Å². The van der Waals surface area contributed by atoms with Crippen molar-refractivity contribution < 1.29 is 14.3 Å². The van der Waals surface area contributed by atoms with E-state index in [1.807, 2.05) is 24.0 Å². The number of rotatable bonds is 6. The average molecular weight is 516 g/mol. The highest BCUT2D eigenvalue weighted by Crippen LogP contribution is 2.33. The maximum atomic E-state index is 13.6. The molecule has 0 unspecified atom stereocenters. The van der Waals surface area contributed by atoms with Gasteiger partial charge >= 0.3 is 6.09 Å². The molecule has 186 valence electrons. The van der Waals surface area contributed by atoms with Crippen molar-refractivity contribution in [3.8, 4) is 0 Å². The highest BCUT2D eigenvalue weighted by Gasteiger charge is 2.33. The molecule has 2 saturated heterocycles. The van der Waals surface area contributed by atoms with E-state index in [0.717, 1.165) is 18.4 Å². The first kappa shape index (κ1) is 25.2. The zero-order valence-corrected chi connectivity index (χ0v) is 21.8. The number of thiocarbonyl (C=S) groups is 1. The monoisotopic (exact) mass is 515 g/mol. The van der Waals surface area contributed by atoms with Crippen molar-refractivity contribution in [3.63, 3.8) is 0 Å². The Morgan fingerprint density at radius 2 is 1.94 bits per heavy atom. The number of aromatic nitrogens is 2. The van der Waals surface area contributed by atoms with Crippen LogP contribution in [0, 0.1) is 6.92 Å². The second-order valence-electron chi connectivity index (χ2n) is 8.45. The fraction of sp³-hybridized carbons (Fsp3) is 0.458. The predicted octanol–water partition coefficient (Wildman–Crippen LogP) is 3.28. The van der Waals surface area contributed by atoms with Crippen molar-refractivity contribution in [3.05, 3.63) is 44.7 Å². The Morgan fingerprint density at radius 1 is 1.20 bits per heavy atom.